The van der Waals surface area contributed by atoms with Gasteiger partial charge in [0.05, 0.1) is 6.10 Å². The predicted molar refractivity (Wildman–Crippen MR) is 81.8 cm³/mol. The number of carbonyl (C=O) groups excluding carboxylic acids is 2. The molecule has 0 aliphatic carbocycles. The standard InChI is InChI=1S/C16H24N2O3/c1-4-10-17-16(20)15(18-12(2)19)14(21-3)11-13-8-6-5-7-9-13/h5-9,14-15H,4,10-11H2,1-3H3,(H,17,20)(H,18,19). The van der Waals surface area contributed by atoms with Gasteiger partial charge in [-0.15, -0.1) is 0 Å². The van der Waals surface area contributed by atoms with Crippen LogP contribution in [0.25, 0.3) is 0 Å². The summed E-state index contributed by atoms with van der Waals surface area (Å²) in [5.74, 6) is -0.461. The van der Waals surface area contributed by atoms with Crippen LogP contribution < -0.4 is 10.6 Å². The number of hydrogen-bond donors (Lipinski definition) is 2. The molecular weight excluding hydrogens is 268 g/mol. The molecule has 21 heavy (non-hydrogen) atoms. The summed E-state index contributed by atoms with van der Waals surface area (Å²) in [4.78, 5) is 23.6. The Morgan fingerprint density at radius 1 is 1.24 bits per heavy atom. The Morgan fingerprint density at radius 2 is 1.90 bits per heavy atom. The van der Waals surface area contributed by atoms with Crippen LogP contribution in [0.5, 0.6) is 0 Å². The van der Waals surface area contributed by atoms with Gasteiger partial charge in [0.25, 0.3) is 0 Å². The first-order valence-electron chi connectivity index (χ1n) is 7.20. The van der Waals surface area contributed by atoms with Gasteiger partial charge in [-0.1, -0.05) is 37.3 Å². The first-order chi connectivity index (χ1) is 10.1. The maximum absolute atomic E-state index is 12.2. The van der Waals surface area contributed by atoms with E-state index in [2.05, 4.69) is 10.6 Å². The van der Waals surface area contributed by atoms with E-state index in [1.807, 2.05) is 37.3 Å². The van der Waals surface area contributed by atoms with Crippen molar-refractivity contribution in [3.05, 3.63) is 35.9 Å². The first kappa shape index (κ1) is 17.2. The molecule has 2 amide bonds. The lowest BCUT2D eigenvalue weighted by atomic mass is 10.0. The number of nitrogens with one attached hydrogen (secondary N) is 2. The summed E-state index contributed by atoms with van der Waals surface area (Å²) in [5, 5.41) is 5.49. The molecule has 0 saturated heterocycles. The SMILES string of the molecule is CCCNC(=O)C(NC(C)=O)C(Cc1ccccc1)OC. The van der Waals surface area contributed by atoms with Crippen molar-refractivity contribution < 1.29 is 14.3 Å². The first-order valence-corrected chi connectivity index (χ1v) is 7.20. The molecule has 0 spiro atoms. The zero-order valence-corrected chi connectivity index (χ0v) is 12.9. The average Bonchev–Trinajstić information content (AvgIpc) is 2.49. The molecule has 0 aromatic heterocycles. The van der Waals surface area contributed by atoms with Crippen LogP contribution in [0.15, 0.2) is 30.3 Å². The van der Waals surface area contributed by atoms with E-state index in [0.29, 0.717) is 13.0 Å². The number of hydrogen-bond acceptors (Lipinski definition) is 3. The smallest absolute Gasteiger partial charge is 0.245 e. The molecule has 0 heterocycles. The Kier molecular flexibility index (Phi) is 7.46. The molecule has 2 unspecified atom stereocenters. The fourth-order valence-corrected chi connectivity index (χ4v) is 2.09. The number of carbonyl (C=O) groups is 2. The number of methoxy groups -OCH3 is 1. The van der Waals surface area contributed by atoms with Gasteiger partial charge in [0, 0.05) is 27.0 Å². The van der Waals surface area contributed by atoms with Crippen molar-refractivity contribution in [3.63, 3.8) is 0 Å². The highest BCUT2D eigenvalue weighted by Gasteiger charge is 2.29. The lowest BCUT2D eigenvalue weighted by molar-refractivity contribution is -0.131. The summed E-state index contributed by atoms with van der Waals surface area (Å²) in [6.07, 6.45) is 0.990. The quantitative estimate of drug-likeness (QED) is 0.758. The van der Waals surface area contributed by atoms with Crippen LogP contribution in [-0.4, -0.2) is 37.6 Å². The normalized spacial score (nSPS) is 13.3. The third kappa shape index (κ3) is 5.95. The van der Waals surface area contributed by atoms with Gasteiger partial charge in [-0.3, -0.25) is 9.59 Å². The Bertz CT molecular complexity index is 448. The van der Waals surface area contributed by atoms with Gasteiger partial charge in [-0.25, -0.2) is 0 Å². The minimum Gasteiger partial charge on any atom is -0.378 e. The van der Waals surface area contributed by atoms with E-state index in [1.165, 1.54) is 6.92 Å². The zero-order chi connectivity index (χ0) is 15.7. The average molecular weight is 292 g/mol. The second-order valence-electron chi connectivity index (χ2n) is 4.93. The van der Waals surface area contributed by atoms with Gasteiger partial charge in [0.2, 0.25) is 11.8 Å². The molecule has 0 radical (unpaired) electrons. The molecular formula is C16H24N2O3. The summed E-state index contributed by atoms with van der Waals surface area (Å²) >= 11 is 0. The number of rotatable bonds is 8. The molecule has 0 bridgehead atoms. The summed E-state index contributed by atoms with van der Waals surface area (Å²) in [7, 11) is 1.55. The molecule has 1 rings (SSSR count). The molecule has 0 fully saturated rings. The topological polar surface area (TPSA) is 67.4 Å². The van der Waals surface area contributed by atoms with Gasteiger partial charge in [0.1, 0.15) is 6.04 Å². The molecule has 2 atom stereocenters. The monoisotopic (exact) mass is 292 g/mol. The van der Waals surface area contributed by atoms with E-state index in [0.717, 1.165) is 12.0 Å². The third-order valence-electron chi connectivity index (χ3n) is 3.14. The summed E-state index contributed by atoms with van der Waals surface area (Å²) in [6, 6.07) is 9.06. The maximum atomic E-state index is 12.2. The fraction of sp³-hybridized carbons (Fsp3) is 0.500. The van der Waals surface area contributed by atoms with Crippen LogP contribution in [0.2, 0.25) is 0 Å². The Morgan fingerprint density at radius 3 is 2.43 bits per heavy atom. The maximum Gasteiger partial charge on any atom is 0.245 e. The van der Waals surface area contributed by atoms with Crippen molar-refractivity contribution in [1.82, 2.24) is 10.6 Å². The van der Waals surface area contributed by atoms with Crippen LogP contribution in [0.1, 0.15) is 25.8 Å². The molecule has 1 aromatic carbocycles. The van der Waals surface area contributed by atoms with E-state index in [-0.39, 0.29) is 11.8 Å². The Hall–Kier alpha value is -1.88. The summed E-state index contributed by atoms with van der Waals surface area (Å²) < 4.78 is 5.44. The van der Waals surface area contributed by atoms with Crippen molar-refractivity contribution >= 4 is 11.8 Å². The fourth-order valence-electron chi connectivity index (χ4n) is 2.09. The molecule has 5 nitrogen and oxygen atoms in total. The van der Waals surface area contributed by atoms with E-state index >= 15 is 0 Å². The number of amides is 2. The van der Waals surface area contributed by atoms with Gasteiger partial charge in [-0.05, 0) is 12.0 Å². The van der Waals surface area contributed by atoms with E-state index in [4.69, 9.17) is 4.74 Å². The molecule has 2 N–H and O–H groups in total. The van der Waals surface area contributed by atoms with Gasteiger partial charge >= 0.3 is 0 Å². The number of benzene rings is 1. The van der Waals surface area contributed by atoms with Crippen LogP contribution in [-0.2, 0) is 20.7 Å². The van der Waals surface area contributed by atoms with Gasteiger partial charge < -0.3 is 15.4 Å². The number of ether oxygens (including phenoxy) is 1. The van der Waals surface area contributed by atoms with Crippen molar-refractivity contribution in [1.29, 1.82) is 0 Å². The molecule has 0 aliphatic heterocycles. The molecule has 0 saturated carbocycles. The minimum absolute atomic E-state index is 0.213. The van der Waals surface area contributed by atoms with Gasteiger partial charge in [-0.2, -0.15) is 0 Å². The zero-order valence-electron chi connectivity index (χ0n) is 12.9. The second-order valence-corrected chi connectivity index (χ2v) is 4.93. The summed E-state index contributed by atoms with van der Waals surface area (Å²) in [6.45, 7) is 3.96. The lowest BCUT2D eigenvalue weighted by Gasteiger charge is -2.26. The minimum atomic E-state index is -0.695. The van der Waals surface area contributed by atoms with Crippen molar-refractivity contribution in [3.8, 4) is 0 Å². The Balaban J connectivity index is 2.81. The Labute approximate surface area is 126 Å². The highest BCUT2D eigenvalue weighted by atomic mass is 16.5. The van der Waals surface area contributed by atoms with Crippen LogP contribution in [0.4, 0.5) is 0 Å². The second kappa shape index (κ2) is 9.13. The van der Waals surface area contributed by atoms with Crippen LogP contribution >= 0.6 is 0 Å². The van der Waals surface area contributed by atoms with Crippen molar-refractivity contribution in [2.24, 2.45) is 0 Å². The molecule has 0 aliphatic rings. The highest BCUT2D eigenvalue weighted by Crippen LogP contribution is 2.09. The van der Waals surface area contributed by atoms with Gasteiger partial charge in [0.15, 0.2) is 0 Å². The van der Waals surface area contributed by atoms with Crippen molar-refractivity contribution in [2.75, 3.05) is 13.7 Å². The largest absolute Gasteiger partial charge is 0.378 e. The summed E-state index contributed by atoms with van der Waals surface area (Å²) in [5.41, 5.74) is 1.06. The van der Waals surface area contributed by atoms with Crippen LogP contribution in [0.3, 0.4) is 0 Å². The van der Waals surface area contributed by atoms with Crippen LogP contribution in [0, 0.1) is 0 Å². The third-order valence-corrected chi connectivity index (χ3v) is 3.14. The van der Waals surface area contributed by atoms with E-state index < -0.39 is 12.1 Å². The van der Waals surface area contributed by atoms with Crippen molar-refractivity contribution in [2.45, 2.75) is 38.8 Å². The highest BCUT2D eigenvalue weighted by molar-refractivity contribution is 5.87. The predicted octanol–water partition coefficient (Wildman–Crippen LogP) is 1.27. The molecule has 5 heteroatoms. The van der Waals surface area contributed by atoms with E-state index in [1.54, 1.807) is 7.11 Å². The van der Waals surface area contributed by atoms with E-state index in [9.17, 15) is 9.59 Å². The molecule has 1 aromatic rings. The molecule has 116 valence electrons. The lowest BCUT2D eigenvalue weighted by Crippen LogP contribution is -2.54.